The van der Waals surface area contributed by atoms with Gasteiger partial charge in [0.15, 0.2) is 6.10 Å². The first-order chi connectivity index (χ1) is 41.0. The molecule has 0 amide bonds. The highest BCUT2D eigenvalue weighted by atomic mass is 16.6. The van der Waals surface area contributed by atoms with Crippen LogP contribution in [0.15, 0.2) is 122 Å². The second kappa shape index (κ2) is 70.3. The van der Waals surface area contributed by atoms with Gasteiger partial charge in [0.25, 0.3) is 0 Å². The van der Waals surface area contributed by atoms with Gasteiger partial charge in [-0.2, -0.15) is 0 Å². The molecule has 0 aromatic carbocycles. The van der Waals surface area contributed by atoms with Crippen LogP contribution in [0.5, 0.6) is 0 Å². The van der Waals surface area contributed by atoms with E-state index < -0.39 is 6.10 Å². The van der Waals surface area contributed by atoms with Crippen LogP contribution in [0.2, 0.25) is 0 Å². The number of esters is 3. The zero-order valence-corrected chi connectivity index (χ0v) is 54.4. The molecule has 6 nitrogen and oxygen atoms in total. The third-order valence-electron chi connectivity index (χ3n) is 15.0. The van der Waals surface area contributed by atoms with Crippen LogP contribution >= 0.6 is 0 Å². The summed E-state index contributed by atoms with van der Waals surface area (Å²) in [4.78, 5) is 38.4. The molecule has 0 bridgehead atoms. The zero-order chi connectivity index (χ0) is 59.9. The van der Waals surface area contributed by atoms with Crippen molar-refractivity contribution in [1.82, 2.24) is 0 Å². The van der Waals surface area contributed by atoms with E-state index in [0.29, 0.717) is 19.3 Å². The van der Waals surface area contributed by atoms with Crippen molar-refractivity contribution in [2.45, 2.75) is 335 Å². The first-order valence-electron chi connectivity index (χ1n) is 35.0. The van der Waals surface area contributed by atoms with Crippen molar-refractivity contribution in [2.24, 2.45) is 0 Å². The Balaban J connectivity index is 4.41. The fourth-order valence-corrected chi connectivity index (χ4v) is 9.74. The largest absolute Gasteiger partial charge is 0.462 e. The molecule has 1 unspecified atom stereocenters. The molecule has 0 aliphatic carbocycles. The maximum absolute atomic E-state index is 12.9. The van der Waals surface area contributed by atoms with E-state index >= 15 is 0 Å². The lowest BCUT2D eigenvalue weighted by atomic mass is 10.0. The average molecular weight is 1150 g/mol. The van der Waals surface area contributed by atoms with Crippen molar-refractivity contribution in [2.75, 3.05) is 13.2 Å². The Morgan fingerprint density at radius 3 is 0.795 bits per heavy atom. The number of unbranched alkanes of at least 4 members (excludes halogenated alkanes) is 32. The molecule has 6 heteroatoms. The molecule has 474 valence electrons. The van der Waals surface area contributed by atoms with Gasteiger partial charge in [-0.1, -0.05) is 322 Å². The molecule has 0 radical (unpaired) electrons. The van der Waals surface area contributed by atoms with Crippen LogP contribution < -0.4 is 0 Å². The quantitative estimate of drug-likeness (QED) is 0.0261. The van der Waals surface area contributed by atoms with E-state index in [1.165, 1.54) is 180 Å². The van der Waals surface area contributed by atoms with Crippen molar-refractivity contribution >= 4 is 17.9 Å². The number of allylic oxidation sites excluding steroid dienone is 20. The van der Waals surface area contributed by atoms with E-state index in [9.17, 15) is 14.4 Å². The lowest BCUT2D eigenvalue weighted by Gasteiger charge is -2.18. The molecule has 0 aromatic heterocycles. The summed E-state index contributed by atoms with van der Waals surface area (Å²) in [6, 6.07) is 0. The zero-order valence-electron chi connectivity index (χ0n) is 54.4. The molecule has 0 rings (SSSR count). The monoisotopic (exact) mass is 1150 g/mol. The van der Waals surface area contributed by atoms with Gasteiger partial charge >= 0.3 is 17.9 Å². The molecule has 0 heterocycles. The van der Waals surface area contributed by atoms with Crippen LogP contribution in [-0.2, 0) is 28.6 Å². The maximum atomic E-state index is 12.9. The fourth-order valence-electron chi connectivity index (χ4n) is 9.74. The van der Waals surface area contributed by atoms with E-state index in [-0.39, 0.29) is 37.5 Å². The van der Waals surface area contributed by atoms with Gasteiger partial charge in [-0.05, 0) is 109 Å². The van der Waals surface area contributed by atoms with Gasteiger partial charge in [0, 0.05) is 19.3 Å². The van der Waals surface area contributed by atoms with Gasteiger partial charge in [-0.3, -0.25) is 14.4 Å². The Kier molecular flexibility index (Phi) is 66.7. The highest BCUT2D eigenvalue weighted by molar-refractivity contribution is 5.71. The van der Waals surface area contributed by atoms with E-state index in [0.717, 1.165) is 103 Å². The Labute approximate surface area is 513 Å². The van der Waals surface area contributed by atoms with Crippen molar-refractivity contribution in [3.05, 3.63) is 122 Å². The summed E-state index contributed by atoms with van der Waals surface area (Å²) in [6.07, 6.45) is 98.0. The summed E-state index contributed by atoms with van der Waals surface area (Å²) >= 11 is 0. The average Bonchev–Trinajstić information content (AvgIpc) is 3.49. The third-order valence-corrected chi connectivity index (χ3v) is 15.0. The molecule has 0 aromatic rings. The number of ether oxygens (including phenoxy) is 3. The Morgan fingerprint density at radius 1 is 0.253 bits per heavy atom. The molecule has 0 N–H and O–H groups in total. The highest BCUT2D eigenvalue weighted by Crippen LogP contribution is 2.17. The van der Waals surface area contributed by atoms with E-state index in [4.69, 9.17) is 14.2 Å². The molecular weight excluding hydrogens is 1020 g/mol. The third kappa shape index (κ3) is 68.5. The van der Waals surface area contributed by atoms with Crippen molar-refractivity contribution < 1.29 is 28.6 Å². The molecule has 0 saturated carbocycles. The molecule has 0 aliphatic rings. The van der Waals surface area contributed by atoms with Crippen LogP contribution in [0.1, 0.15) is 329 Å². The molecule has 0 saturated heterocycles. The summed E-state index contributed by atoms with van der Waals surface area (Å²) in [5.41, 5.74) is 0. The standard InChI is InChI=1S/C77H130O6/c1-4-7-10-13-16-19-22-25-27-29-31-33-35-36-37-38-39-40-42-43-45-47-49-52-55-58-61-64-67-70-76(79)82-73-74(72-81-75(78)69-66-63-60-57-54-51-24-21-18-15-12-9-6-3)83-77(80)71-68-65-62-59-56-53-50-48-46-44-41-34-32-30-28-26-23-20-17-14-11-8-5-2/h7,10,16,19,25,27,30-33,36-37,39-40,43,45,49,52,58,61,74H,4-6,8-9,11-15,17-18,20-24,26,28-29,34-35,38,41-42,44,46-48,50-51,53-57,59-60,62-73H2,1-3H3/b10-7-,19-16-,27-25-,32-30-,33-31-,37-36-,40-39-,45-43-,52-49-,61-58-. The van der Waals surface area contributed by atoms with Gasteiger partial charge < -0.3 is 14.2 Å². The number of carbonyl (C=O) groups excluding carboxylic acids is 3. The van der Waals surface area contributed by atoms with Gasteiger partial charge in [-0.25, -0.2) is 0 Å². The number of hydrogen-bond acceptors (Lipinski definition) is 6. The Hall–Kier alpha value is -4.19. The summed E-state index contributed by atoms with van der Waals surface area (Å²) < 4.78 is 16.9. The topological polar surface area (TPSA) is 78.9 Å². The minimum atomic E-state index is -0.804. The normalized spacial score (nSPS) is 12.9. The molecule has 0 fully saturated rings. The molecule has 0 aliphatic heterocycles. The van der Waals surface area contributed by atoms with Crippen LogP contribution in [0.25, 0.3) is 0 Å². The maximum Gasteiger partial charge on any atom is 0.306 e. The first-order valence-corrected chi connectivity index (χ1v) is 35.0. The second-order valence-corrected chi connectivity index (χ2v) is 23.1. The predicted molar refractivity (Wildman–Crippen MR) is 362 cm³/mol. The Bertz CT molecular complexity index is 1700. The fraction of sp³-hybridized carbons (Fsp3) is 0.701. The van der Waals surface area contributed by atoms with Crippen molar-refractivity contribution in [1.29, 1.82) is 0 Å². The summed E-state index contributed by atoms with van der Waals surface area (Å²) in [5.74, 6) is -0.947. The van der Waals surface area contributed by atoms with Gasteiger partial charge in [-0.15, -0.1) is 0 Å². The van der Waals surface area contributed by atoms with Crippen LogP contribution in [-0.4, -0.2) is 37.2 Å². The lowest BCUT2D eigenvalue weighted by molar-refractivity contribution is -0.167. The van der Waals surface area contributed by atoms with Crippen molar-refractivity contribution in [3.63, 3.8) is 0 Å². The molecule has 83 heavy (non-hydrogen) atoms. The minimum absolute atomic E-state index is 0.0950. The van der Waals surface area contributed by atoms with Crippen LogP contribution in [0.4, 0.5) is 0 Å². The summed E-state index contributed by atoms with van der Waals surface area (Å²) in [6.45, 7) is 6.51. The number of hydrogen-bond donors (Lipinski definition) is 0. The van der Waals surface area contributed by atoms with Crippen molar-refractivity contribution in [3.8, 4) is 0 Å². The summed E-state index contributed by atoms with van der Waals surface area (Å²) in [7, 11) is 0. The smallest absolute Gasteiger partial charge is 0.306 e. The number of rotatable bonds is 63. The Morgan fingerprint density at radius 2 is 0.482 bits per heavy atom. The van der Waals surface area contributed by atoms with E-state index in [2.05, 4.69) is 142 Å². The minimum Gasteiger partial charge on any atom is -0.462 e. The van der Waals surface area contributed by atoms with Gasteiger partial charge in [0.05, 0.1) is 0 Å². The van der Waals surface area contributed by atoms with Crippen LogP contribution in [0.3, 0.4) is 0 Å². The number of carbonyl (C=O) groups is 3. The molecule has 1 atom stereocenters. The van der Waals surface area contributed by atoms with E-state index in [1.54, 1.807) is 0 Å². The van der Waals surface area contributed by atoms with Crippen LogP contribution in [0, 0.1) is 0 Å². The molecular formula is C77H130O6. The van der Waals surface area contributed by atoms with E-state index in [1.807, 2.05) is 0 Å². The highest BCUT2D eigenvalue weighted by Gasteiger charge is 2.19. The molecule has 0 spiro atoms. The van der Waals surface area contributed by atoms with Gasteiger partial charge in [0.1, 0.15) is 13.2 Å². The second-order valence-electron chi connectivity index (χ2n) is 23.1. The predicted octanol–water partition coefficient (Wildman–Crippen LogP) is 24.3. The summed E-state index contributed by atoms with van der Waals surface area (Å²) in [5, 5.41) is 0. The lowest BCUT2D eigenvalue weighted by Crippen LogP contribution is -2.30. The van der Waals surface area contributed by atoms with Gasteiger partial charge in [0.2, 0.25) is 0 Å². The SMILES string of the molecule is CC/C=C\C/C=C\C/C=C\C/C=C\C/C=C\C/C=C\C/C=C\C/C=C\C/C=C\CCCC(=O)OCC(COC(=O)CCCCCCCCCCCCCCC)OC(=O)CCCCCCCCCCCCC/C=C\CCCCCCCCCC. The first kappa shape index (κ1) is 78.8.